The highest BCUT2D eigenvalue weighted by Crippen LogP contribution is 2.30. The van der Waals surface area contributed by atoms with Crippen molar-refractivity contribution in [3.8, 4) is 16.9 Å². The zero-order chi connectivity index (χ0) is 23.5. The summed E-state index contributed by atoms with van der Waals surface area (Å²) in [6, 6.07) is 24.6. The molecule has 5 rings (SSSR count). The smallest absolute Gasteiger partial charge is 0.259 e. The molecular weight excluding hydrogens is 450 g/mol. The highest BCUT2D eigenvalue weighted by Gasteiger charge is 2.21. The molecule has 2 N–H and O–H groups in total. The maximum absolute atomic E-state index is 13.3. The number of hydrogen-bond acceptors (Lipinski definition) is 4. The first-order chi connectivity index (χ1) is 16.6. The molecule has 34 heavy (non-hydrogen) atoms. The largest absolute Gasteiger partial charge is 0.359 e. The Balaban J connectivity index is 1.44. The Bertz CT molecular complexity index is 1340. The van der Waals surface area contributed by atoms with Gasteiger partial charge in [0.05, 0.1) is 28.5 Å². The predicted octanol–water partition coefficient (Wildman–Crippen LogP) is 4.38. The van der Waals surface area contributed by atoms with Crippen LogP contribution in [0.5, 0.6) is 0 Å². The van der Waals surface area contributed by atoms with Gasteiger partial charge in [0, 0.05) is 30.5 Å². The van der Waals surface area contributed by atoms with E-state index >= 15 is 0 Å². The number of para-hydroxylation sites is 1. The Morgan fingerprint density at radius 3 is 2.44 bits per heavy atom. The molecule has 1 aromatic heterocycles. The summed E-state index contributed by atoms with van der Waals surface area (Å²) in [4.78, 5) is 27.0. The minimum atomic E-state index is -0.290. The molecule has 1 aliphatic rings. The Morgan fingerprint density at radius 1 is 1.00 bits per heavy atom. The first-order valence-electron chi connectivity index (χ1n) is 10.9. The summed E-state index contributed by atoms with van der Waals surface area (Å²) in [6.07, 6.45) is 1.73. The standard InChI is InChI=1S/C26H22ClN5O2/c27-22-15-19(11-12-23(22)31-14-13-28-24(33)17-31)29-26(34)21-16-32(20-9-5-2-6-10-20)30-25(21)18-7-3-1-4-8-18/h1-12,15-16H,13-14,17H2,(H,28,33)(H,29,34). The van der Waals surface area contributed by atoms with Crippen LogP contribution in [0, 0.1) is 0 Å². The molecular formula is C26H22ClN5O2. The van der Waals surface area contributed by atoms with Gasteiger partial charge in [0.25, 0.3) is 5.91 Å². The minimum absolute atomic E-state index is 0.0384. The summed E-state index contributed by atoms with van der Waals surface area (Å²) in [6.45, 7) is 1.50. The molecule has 2 heterocycles. The summed E-state index contributed by atoms with van der Waals surface area (Å²) in [5, 5.41) is 10.9. The van der Waals surface area contributed by atoms with Gasteiger partial charge < -0.3 is 15.5 Å². The van der Waals surface area contributed by atoms with Gasteiger partial charge in [0.2, 0.25) is 5.91 Å². The third kappa shape index (κ3) is 4.51. The molecule has 0 saturated carbocycles. The molecule has 0 unspecified atom stereocenters. The highest BCUT2D eigenvalue weighted by atomic mass is 35.5. The average Bonchev–Trinajstić information content (AvgIpc) is 3.31. The van der Waals surface area contributed by atoms with Crippen LogP contribution in [0.1, 0.15) is 10.4 Å². The lowest BCUT2D eigenvalue weighted by molar-refractivity contribution is -0.120. The minimum Gasteiger partial charge on any atom is -0.359 e. The van der Waals surface area contributed by atoms with E-state index in [1.807, 2.05) is 71.6 Å². The van der Waals surface area contributed by atoms with E-state index in [0.29, 0.717) is 35.1 Å². The molecule has 3 aromatic carbocycles. The van der Waals surface area contributed by atoms with Gasteiger partial charge in [-0.1, -0.05) is 60.1 Å². The summed E-state index contributed by atoms with van der Waals surface area (Å²) in [5.41, 5.74) is 4.06. The Kier molecular flexibility index (Phi) is 6.01. The molecule has 0 atom stereocenters. The van der Waals surface area contributed by atoms with E-state index in [0.717, 1.165) is 16.9 Å². The van der Waals surface area contributed by atoms with E-state index in [9.17, 15) is 9.59 Å². The number of aromatic nitrogens is 2. The molecule has 170 valence electrons. The Morgan fingerprint density at radius 2 is 1.74 bits per heavy atom. The molecule has 0 radical (unpaired) electrons. The van der Waals surface area contributed by atoms with Crippen molar-refractivity contribution < 1.29 is 9.59 Å². The van der Waals surface area contributed by atoms with Crippen LogP contribution < -0.4 is 15.5 Å². The number of amides is 2. The number of carbonyl (C=O) groups is 2. The maximum Gasteiger partial charge on any atom is 0.259 e. The van der Waals surface area contributed by atoms with Gasteiger partial charge in [-0.25, -0.2) is 4.68 Å². The lowest BCUT2D eigenvalue weighted by atomic mass is 10.1. The predicted molar refractivity (Wildman–Crippen MR) is 134 cm³/mol. The monoisotopic (exact) mass is 471 g/mol. The number of carbonyl (C=O) groups excluding carboxylic acids is 2. The van der Waals surface area contributed by atoms with E-state index in [1.54, 1.807) is 23.0 Å². The van der Waals surface area contributed by atoms with Gasteiger partial charge in [-0.2, -0.15) is 5.10 Å². The zero-order valence-electron chi connectivity index (χ0n) is 18.2. The van der Waals surface area contributed by atoms with Gasteiger partial charge >= 0.3 is 0 Å². The first-order valence-corrected chi connectivity index (χ1v) is 11.3. The summed E-state index contributed by atoms with van der Waals surface area (Å²) >= 11 is 6.51. The molecule has 7 nitrogen and oxygen atoms in total. The van der Waals surface area contributed by atoms with Crippen LogP contribution in [0.25, 0.3) is 16.9 Å². The number of halogens is 1. The van der Waals surface area contributed by atoms with Gasteiger partial charge in [0.15, 0.2) is 0 Å². The van der Waals surface area contributed by atoms with E-state index in [4.69, 9.17) is 16.7 Å². The Hall–Kier alpha value is -4.10. The van der Waals surface area contributed by atoms with Crippen molar-refractivity contribution in [2.75, 3.05) is 29.9 Å². The van der Waals surface area contributed by atoms with Crippen LogP contribution in [0.3, 0.4) is 0 Å². The Labute approximate surface area is 202 Å². The van der Waals surface area contributed by atoms with Crippen molar-refractivity contribution in [3.63, 3.8) is 0 Å². The number of piperazine rings is 1. The number of nitrogens with zero attached hydrogens (tertiary/aromatic N) is 3. The zero-order valence-corrected chi connectivity index (χ0v) is 19.0. The molecule has 0 aliphatic carbocycles. The van der Waals surface area contributed by atoms with Gasteiger partial charge in [0.1, 0.15) is 5.69 Å². The van der Waals surface area contributed by atoms with Crippen LogP contribution in [-0.2, 0) is 4.79 Å². The van der Waals surface area contributed by atoms with Crippen LogP contribution in [0.4, 0.5) is 11.4 Å². The molecule has 1 fully saturated rings. The fourth-order valence-electron chi connectivity index (χ4n) is 3.95. The number of nitrogens with one attached hydrogen (secondary N) is 2. The topological polar surface area (TPSA) is 79.3 Å². The van der Waals surface area contributed by atoms with Gasteiger partial charge in [-0.05, 0) is 30.3 Å². The fraction of sp³-hybridized carbons (Fsp3) is 0.115. The first kappa shape index (κ1) is 21.7. The van der Waals surface area contributed by atoms with E-state index < -0.39 is 0 Å². The molecule has 1 saturated heterocycles. The molecule has 2 amide bonds. The normalized spacial score (nSPS) is 13.4. The number of benzene rings is 3. The average molecular weight is 472 g/mol. The van der Waals surface area contributed by atoms with Crippen LogP contribution in [0.2, 0.25) is 5.02 Å². The number of rotatable bonds is 5. The second-order valence-electron chi connectivity index (χ2n) is 7.93. The molecule has 0 bridgehead atoms. The van der Waals surface area contributed by atoms with Crippen molar-refractivity contribution in [3.05, 3.63) is 95.6 Å². The maximum atomic E-state index is 13.3. The van der Waals surface area contributed by atoms with Crippen LogP contribution in [0.15, 0.2) is 85.1 Å². The van der Waals surface area contributed by atoms with Crippen LogP contribution >= 0.6 is 11.6 Å². The molecule has 8 heteroatoms. The lowest BCUT2D eigenvalue weighted by Gasteiger charge is -2.29. The molecule has 1 aliphatic heterocycles. The summed E-state index contributed by atoms with van der Waals surface area (Å²) in [7, 11) is 0. The van der Waals surface area contributed by atoms with E-state index in [-0.39, 0.29) is 18.4 Å². The van der Waals surface area contributed by atoms with Crippen LogP contribution in [-0.4, -0.2) is 41.2 Å². The summed E-state index contributed by atoms with van der Waals surface area (Å²) < 4.78 is 1.70. The second kappa shape index (κ2) is 9.41. The summed E-state index contributed by atoms with van der Waals surface area (Å²) in [5.74, 6) is -0.328. The molecule has 4 aromatic rings. The van der Waals surface area contributed by atoms with E-state index in [2.05, 4.69) is 10.6 Å². The van der Waals surface area contributed by atoms with Crippen molar-refractivity contribution >= 4 is 34.8 Å². The van der Waals surface area contributed by atoms with Crippen molar-refractivity contribution in [2.45, 2.75) is 0 Å². The number of anilines is 2. The second-order valence-corrected chi connectivity index (χ2v) is 8.34. The molecule has 0 spiro atoms. The van der Waals surface area contributed by atoms with Gasteiger partial charge in [-0.3, -0.25) is 9.59 Å². The third-order valence-corrected chi connectivity index (χ3v) is 5.91. The SMILES string of the molecule is O=C1CN(c2ccc(NC(=O)c3cn(-c4ccccc4)nc3-c3ccccc3)cc2Cl)CCN1. The highest BCUT2D eigenvalue weighted by molar-refractivity contribution is 6.33. The van der Waals surface area contributed by atoms with Gasteiger partial charge in [-0.15, -0.1) is 0 Å². The lowest BCUT2D eigenvalue weighted by Crippen LogP contribution is -2.47. The third-order valence-electron chi connectivity index (χ3n) is 5.61. The van der Waals surface area contributed by atoms with E-state index in [1.165, 1.54) is 0 Å². The quantitative estimate of drug-likeness (QED) is 0.452. The van der Waals surface area contributed by atoms with Crippen molar-refractivity contribution in [1.82, 2.24) is 15.1 Å². The van der Waals surface area contributed by atoms with Crippen molar-refractivity contribution in [2.24, 2.45) is 0 Å². The van der Waals surface area contributed by atoms with Crippen molar-refractivity contribution in [1.29, 1.82) is 0 Å². The number of hydrogen-bond donors (Lipinski definition) is 2. The fourth-order valence-corrected chi connectivity index (χ4v) is 4.25.